The number of non-ortho nitro benzene ring substituents is 1. The van der Waals surface area contributed by atoms with Gasteiger partial charge in [0.05, 0.1) is 27.7 Å². The van der Waals surface area contributed by atoms with E-state index in [0.717, 1.165) is 21.1 Å². The van der Waals surface area contributed by atoms with Gasteiger partial charge in [0, 0.05) is 22.6 Å². The van der Waals surface area contributed by atoms with E-state index in [-0.39, 0.29) is 22.8 Å². The highest BCUT2D eigenvalue weighted by Gasteiger charge is 2.17. The molecule has 0 bridgehead atoms. The van der Waals surface area contributed by atoms with Crippen LogP contribution in [0, 0.1) is 17.0 Å². The van der Waals surface area contributed by atoms with E-state index in [0.29, 0.717) is 0 Å². The lowest BCUT2D eigenvalue weighted by atomic mass is 10.2. The molecule has 0 fully saturated rings. The van der Waals surface area contributed by atoms with Crippen LogP contribution in [-0.2, 0) is 6.54 Å². The Balaban J connectivity index is 1.75. The summed E-state index contributed by atoms with van der Waals surface area (Å²) in [6.07, 6.45) is 0. The van der Waals surface area contributed by atoms with E-state index in [2.05, 4.69) is 10.3 Å². The molecule has 0 saturated heterocycles. The number of carbonyl (C=O) groups is 1. The molecule has 3 rings (SSSR count). The van der Waals surface area contributed by atoms with Gasteiger partial charge in [-0.2, -0.15) is 0 Å². The van der Waals surface area contributed by atoms with Gasteiger partial charge >= 0.3 is 0 Å². The summed E-state index contributed by atoms with van der Waals surface area (Å²) in [5.41, 5.74) is 1.74. The zero-order valence-electron chi connectivity index (χ0n) is 13.7. The number of nitrogens with one attached hydrogen (secondary N) is 1. The van der Waals surface area contributed by atoms with Gasteiger partial charge in [-0.1, -0.05) is 41.9 Å². The fraction of sp³-hybridized carbons (Fsp3) is 0.111. The minimum atomic E-state index is -0.563. The number of amides is 1. The number of benzene rings is 2. The minimum Gasteiger partial charge on any atom is -0.347 e. The first-order chi connectivity index (χ1) is 12.5. The molecule has 8 heteroatoms. The number of thiazole rings is 1. The highest BCUT2D eigenvalue weighted by Crippen LogP contribution is 2.28. The number of aryl methyl sites for hydroxylation is 1. The van der Waals surface area contributed by atoms with E-state index < -0.39 is 10.8 Å². The molecule has 0 atom stereocenters. The highest BCUT2D eigenvalue weighted by molar-refractivity contribution is 7.15. The molecule has 0 unspecified atom stereocenters. The number of hydrogen-bond donors (Lipinski definition) is 1. The van der Waals surface area contributed by atoms with Crippen LogP contribution in [0.2, 0.25) is 5.02 Å². The summed E-state index contributed by atoms with van der Waals surface area (Å²) in [5.74, 6) is -0.465. The Morgan fingerprint density at radius 2 is 2.00 bits per heavy atom. The zero-order chi connectivity index (χ0) is 18.7. The van der Waals surface area contributed by atoms with Gasteiger partial charge in [0.25, 0.3) is 11.6 Å². The van der Waals surface area contributed by atoms with Crippen molar-refractivity contribution in [2.24, 2.45) is 0 Å². The quantitative estimate of drug-likeness (QED) is 0.511. The second kappa shape index (κ2) is 7.63. The molecule has 26 heavy (non-hydrogen) atoms. The van der Waals surface area contributed by atoms with Crippen molar-refractivity contribution in [1.29, 1.82) is 0 Å². The Labute approximate surface area is 158 Å². The number of rotatable bonds is 5. The van der Waals surface area contributed by atoms with E-state index >= 15 is 0 Å². The SMILES string of the molecule is Cc1nc(-c2ccccc2)sc1CNC(=O)c1cc([N+](=O)[O-])ccc1Cl. The van der Waals surface area contributed by atoms with Crippen LogP contribution >= 0.6 is 22.9 Å². The third kappa shape index (κ3) is 3.89. The Kier molecular flexibility index (Phi) is 5.29. The number of hydrogen-bond acceptors (Lipinski definition) is 5. The Morgan fingerprint density at radius 1 is 1.27 bits per heavy atom. The van der Waals surface area contributed by atoms with Crippen molar-refractivity contribution in [1.82, 2.24) is 10.3 Å². The van der Waals surface area contributed by atoms with E-state index in [4.69, 9.17) is 11.6 Å². The van der Waals surface area contributed by atoms with E-state index in [1.165, 1.54) is 29.5 Å². The van der Waals surface area contributed by atoms with Gasteiger partial charge in [0.2, 0.25) is 0 Å². The minimum absolute atomic E-state index is 0.0753. The molecule has 3 aromatic rings. The predicted octanol–water partition coefficient (Wildman–Crippen LogP) is 4.61. The van der Waals surface area contributed by atoms with Gasteiger partial charge in [0.15, 0.2) is 0 Å². The molecule has 0 aliphatic rings. The van der Waals surface area contributed by atoms with Crippen LogP contribution in [0.3, 0.4) is 0 Å². The average molecular weight is 388 g/mol. The standard InChI is InChI=1S/C18H14ClN3O3S/c1-11-16(26-18(21-11)12-5-3-2-4-6-12)10-20-17(23)14-9-13(22(24)25)7-8-15(14)19/h2-9H,10H2,1H3,(H,20,23). The number of aromatic nitrogens is 1. The smallest absolute Gasteiger partial charge is 0.270 e. The van der Waals surface area contributed by atoms with E-state index in [1.54, 1.807) is 0 Å². The summed E-state index contributed by atoms with van der Waals surface area (Å²) in [5, 5.41) is 14.7. The van der Waals surface area contributed by atoms with Crippen LogP contribution in [0.15, 0.2) is 48.5 Å². The van der Waals surface area contributed by atoms with Crippen molar-refractivity contribution in [3.63, 3.8) is 0 Å². The number of carbonyl (C=O) groups excluding carboxylic acids is 1. The largest absolute Gasteiger partial charge is 0.347 e. The number of nitro groups is 1. The van der Waals surface area contributed by atoms with Crippen LogP contribution in [0.1, 0.15) is 20.9 Å². The monoisotopic (exact) mass is 387 g/mol. The third-order valence-corrected chi connectivity index (χ3v) is 5.26. The molecule has 0 aliphatic heterocycles. The summed E-state index contributed by atoms with van der Waals surface area (Å²) >= 11 is 7.49. The number of nitrogens with zero attached hydrogens (tertiary/aromatic N) is 2. The van der Waals surface area contributed by atoms with Gasteiger partial charge in [0.1, 0.15) is 5.01 Å². The van der Waals surface area contributed by atoms with Crippen LogP contribution in [0.4, 0.5) is 5.69 Å². The molecule has 1 aromatic heterocycles. The summed E-state index contributed by atoms with van der Waals surface area (Å²) in [6.45, 7) is 2.15. The first-order valence-electron chi connectivity index (χ1n) is 7.69. The Hall–Kier alpha value is -2.77. The van der Waals surface area contributed by atoms with Crippen molar-refractivity contribution in [3.05, 3.63) is 79.8 Å². The topological polar surface area (TPSA) is 85.1 Å². The van der Waals surface area contributed by atoms with Gasteiger partial charge in [-0.3, -0.25) is 14.9 Å². The van der Waals surface area contributed by atoms with Crippen LogP contribution in [-0.4, -0.2) is 15.8 Å². The molecule has 6 nitrogen and oxygen atoms in total. The molecule has 0 saturated carbocycles. The summed E-state index contributed by atoms with van der Waals surface area (Å²) in [4.78, 5) is 28.1. The molecule has 1 amide bonds. The normalized spacial score (nSPS) is 10.5. The predicted molar refractivity (Wildman–Crippen MR) is 102 cm³/mol. The lowest BCUT2D eigenvalue weighted by Crippen LogP contribution is -2.23. The van der Waals surface area contributed by atoms with Crippen LogP contribution < -0.4 is 5.32 Å². The first kappa shape index (κ1) is 18.0. The maximum Gasteiger partial charge on any atom is 0.270 e. The third-order valence-electron chi connectivity index (χ3n) is 3.73. The molecule has 132 valence electrons. The van der Waals surface area contributed by atoms with E-state index in [1.807, 2.05) is 37.3 Å². The van der Waals surface area contributed by atoms with Crippen LogP contribution in [0.25, 0.3) is 10.6 Å². The van der Waals surface area contributed by atoms with Crippen LogP contribution in [0.5, 0.6) is 0 Å². The number of nitro benzene ring substituents is 1. The molecule has 2 aromatic carbocycles. The maximum atomic E-state index is 12.4. The fourth-order valence-electron chi connectivity index (χ4n) is 2.35. The molecule has 0 aliphatic carbocycles. The summed E-state index contributed by atoms with van der Waals surface area (Å²) in [6, 6.07) is 13.6. The molecular weight excluding hydrogens is 374 g/mol. The molecule has 1 heterocycles. The van der Waals surface area contributed by atoms with Crippen molar-refractivity contribution >= 4 is 34.5 Å². The molecule has 0 radical (unpaired) electrons. The zero-order valence-corrected chi connectivity index (χ0v) is 15.3. The molecule has 1 N–H and O–H groups in total. The van der Waals surface area contributed by atoms with Gasteiger partial charge < -0.3 is 5.32 Å². The van der Waals surface area contributed by atoms with E-state index in [9.17, 15) is 14.9 Å². The van der Waals surface area contributed by atoms with Crippen molar-refractivity contribution < 1.29 is 9.72 Å². The van der Waals surface area contributed by atoms with Gasteiger partial charge in [-0.15, -0.1) is 11.3 Å². The highest BCUT2D eigenvalue weighted by atomic mass is 35.5. The van der Waals surface area contributed by atoms with Crippen molar-refractivity contribution in [3.8, 4) is 10.6 Å². The first-order valence-corrected chi connectivity index (χ1v) is 8.89. The van der Waals surface area contributed by atoms with Crippen molar-refractivity contribution in [2.45, 2.75) is 13.5 Å². The lowest BCUT2D eigenvalue weighted by molar-refractivity contribution is -0.384. The Morgan fingerprint density at radius 3 is 2.69 bits per heavy atom. The summed E-state index contributed by atoms with van der Waals surface area (Å²) < 4.78 is 0. The summed E-state index contributed by atoms with van der Waals surface area (Å²) in [7, 11) is 0. The van der Waals surface area contributed by atoms with Crippen molar-refractivity contribution in [2.75, 3.05) is 0 Å². The second-order valence-electron chi connectivity index (χ2n) is 5.50. The van der Waals surface area contributed by atoms with Gasteiger partial charge in [-0.25, -0.2) is 4.98 Å². The second-order valence-corrected chi connectivity index (χ2v) is 6.99. The number of halogens is 1. The van der Waals surface area contributed by atoms with Gasteiger partial charge in [-0.05, 0) is 13.0 Å². The fourth-order valence-corrected chi connectivity index (χ4v) is 3.56. The average Bonchev–Trinajstić information content (AvgIpc) is 3.01. The molecular formula is C18H14ClN3O3S. The maximum absolute atomic E-state index is 12.4. The Bertz CT molecular complexity index is 973. The lowest BCUT2D eigenvalue weighted by Gasteiger charge is -2.06. The molecule has 0 spiro atoms.